The molecule has 0 aliphatic carbocycles. The van der Waals surface area contributed by atoms with Gasteiger partial charge in [-0.1, -0.05) is 419 Å². The topological polar surface area (TPSA) is 207 Å². The highest BCUT2D eigenvalue weighted by Crippen LogP contribution is 2.45. The summed E-state index contributed by atoms with van der Waals surface area (Å²) >= 11 is 0. The van der Waals surface area contributed by atoms with Crippen molar-refractivity contribution in [2.24, 2.45) is 0 Å². The number of benzene rings is 21. The van der Waals surface area contributed by atoms with E-state index >= 15 is 0 Å². The molecule has 0 saturated carbocycles. The molecule has 0 saturated heterocycles. The Bertz CT molecular complexity index is 9820. The van der Waals surface area contributed by atoms with E-state index < -0.39 is 0 Å². The molecule has 0 bridgehead atoms. The van der Waals surface area contributed by atoms with Crippen LogP contribution in [0.15, 0.2) is 503 Å². The Balaban J connectivity index is 0.0000000991. The van der Waals surface area contributed by atoms with E-state index in [0.717, 1.165) is 203 Å². The lowest BCUT2D eigenvalue weighted by Gasteiger charge is -2.11. The van der Waals surface area contributed by atoms with Crippen molar-refractivity contribution in [2.45, 2.75) is 0 Å². The summed E-state index contributed by atoms with van der Waals surface area (Å²) in [6, 6.07) is 164. The molecule has 21 aromatic carbocycles. The third kappa shape index (κ3) is 16.6. The third-order valence-corrected chi connectivity index (χ3v) is 26.5. The highest BCUT2D eigenvalue weighted by molar-refractivity contribution is 6.25. The second kappa shape index (κ2) is 37.6. The standard InChI is InChI=1S/C37H23N3O.3C31H19N3O/c1-3-10-24(11-4-1)25-18-20-27(21-19-25)36-38-35(26-12-5-2-6-13-26)39-37(40-36)30-16-9-15-29-28(30)22-23-33-34(29)31-14-7-8-17-32(31)41-33;1-3-10-21(11-4-1)29-32-30(22-12-5-2-6-13-22)34-31(33-29)24-16-9-14-20-18-19-26-28(27(20)24)23-15-7-8-17-25(23)35-26;1-3-9-20(10-4-1)29-32-30(21-11-5-2-6-12-21)34-31(33-29)23-15-17-24-22(19-23)16-18-27-28(24)25-13-7-8-14-26(25)35-27;1-3-9-21(10-4-1)29-32-30(22-11-5-2-6-12-22)34-31(33-29)23-16-15-20-17-18-27-28(25(20)19-23)24-13-7-8-14-26(24)35-27/h1-23H;3*1-19H. The number of para-hydroxylation sites is 4. The molecule has 0 fully saturated rings. The molecule has 29 aromatic rings. The highest BCUT2D eigenvalue weighted by Gasteiger charge is 2.25. The zero-order valence-corrected chi connectivity index (χ0v) is 78.2. The summed E-state index contributed by atoms with van der Waals surface area (Å²) in [5, 5.41) is 17.8. The molecule has 0 aliphatic rings. The van der Waals surface area contributed by atoms with E-state index in [-0.39, 0.29) is 0 Å². The highest BCUT2D eigenvalue weighted by atomic mass is 16.3. The fourth-order valence-electron chi connectivity index (χ4n) is 19.5. The number of hydrogen-bond acceptors (Lipinski definition) is 16. The summed E-state index contributed by atoms with van der Waals surface area (Å²) in [6.07, 6.45) is 0. The van der Waals surface area contributed by atoms with Gasteiger partial charge >= 0.3 is 0 Å². The molecule has 0 spiro atoms. The van der Waals surface area contributed by atoms with Crippen LogP contribution in [0.4, 0.5) is 0 Å². The van der Waals surface area contributed by atoms with Gasteiger partial charge in [-0.15, -0.1) is 0 Å². The average Bonchev–Trinajstić information content (AvgIpc) is 1.57. The minimum atomic E-state index is 0.638. The minimum absolute atomic E-state index is 0.638. The molecule has 16 heteroatoms. The maximum Gasteiger partial charge on any atom is 0.164 e. The normalized spacial score (nSPS) is 11.4. The van der Waals surface area contributed by atoms with Crippen molar-refractivity contribution in [2.75, 3.05) is 0 Å². The molecular weight excluding hydrogens is 1790 g/mol. The SMILES string of the molecule is c1ccc(-c2ccc(-c3nc(-c4ccccc4)nc(-c4cccc5c4ccc4oc6ccccc6c45)n3)cc2)cc1.c1ccc(-c2nc(-c3ccccc3)nc(-c3ccc4c(ccc5oc6ccccc6c54)c3)n2)cc1.c1ccc(-c2nc(-c3ccccc3)nc(-c3ccc4ccc5oc6ccccc6c5c4c3)n2)cc1.c1ccc(-c2nc(-c3ccccc3)nc(-c3cccc4ccc5oc6ccccc6c5c34)n2)cc1. The van der Waals surface area contributed by atoms with Gasteiger partial charge in [-0.05, 0) is 116 Å². The van der Waals surface area contributed by atoms with Gasteiger partial charge in [-0.2, -0.15) is 0 Å². The lowest BCUT2D eigenvalue weighted by atomic mass is 9.98. The molecule has 684 valence electrons. The van der Waals surface area contributed by atoms with Crippen molar-refractivity contribution in [1.82, 2.24) is 59.8 Å². The number of fused-ring (bicyclic) bond motifs is 20. The van der Waals surface area contributed by atoms with Crippen molar-refractivity contribution in [3.63, 3.8) is 0 Å². The van der Waals surface area contributed by atoms with Crippen LogP contribution in [0.2, 0.25) is 0 Å². The van der Waals surface area contributed by atoms with Gasteiger partial charge in [0.25, 0.3) is 0 Å². The fourth-order valence-corrected chi connectivity index (χ4v) is 19.5. The largest absolute Gasteiger partial charge is 0.456 e. The number of nitrogens with zero attached hydrogens (tertiary/aromatic N) is 12. The van der Waals surface area contributed by atoms with Gasteiger partial charge in [0.05, 0.1) is 0 Å². The summed E-state index contributed by atoms with van der Waals surface area (Å²) < 4.78 is 24.5. The van der Waals surface area contributed by atoms with Crippen LogP contribution in [0, 0.1) is 0 Å². The van der Waals surface area contributed by atoms with Gasteiger partial charge in [0.1, 0.15) is 44.7 Å². The zero-order valence-electron chi connectivity index (χ0n) is 78.2. The Hall–Kier alpha value is -20.1. The monoisotopic (exact) mass is 1870 g/mol. The molecule has 8 aromatic heterocycles. The number of hydrogen-bond donors (Lipinski definition) is 0. The van der Waals surface area contributed by atoms with Gasteiger partial charge in [-0.3, -0.25) is 0 Å². The van der Waals surface area contributed by atoms with Gasteiger partial charge in [0.15, 0.2) is 69.9 Å². The van der Waals surface area contributed by atoms with Crippen molar-refractivity contribution in [3.05, 3.63) is 485 Å². The Morgan fingerprint density at radius 1 is 0.110 bits per heavy atom. The van der Waals surface area contributed by atoms with Gasteiger partial charge in [0, 0.05) is 115 Å². The molecule has 16 nitrogen and oxygen atoms in total. The van der Waals surface area contributed by atoms with Crippen molar-refractivity contribution in [1.29, 1.82) is 0 Å². The molecule has 0 aliphatic heterocycles. The zero-order chi connectivity index (χ0) is 96.7. The molecule has 146 heavy (non-hydrogen) atoms. The second-order valence-electron chi connectivity index (χ2n) is 35.6. The van der Waals surface area contributed by atoms with Crippen LogP contribution < -0.4 is 0 Å². The Labute approximate surface area is 835 Å². The molecule has 0 unspecified atom stereocenters. The van der Waals surface area contributed by atoms with Gasteiger partial charge in [-0.25, -0.2) is 59.8 Å². The maximum atomic E-state index is 6.18. The first-order valence-electron chi connectivity index (χ1n) is 48.3. The molecule has 0 atom stereocenters. The number of aromatic nitrogens is 12. The van der Waals surface area contributed by atoms with Crippen LogP contribution in [0.5, 0.6) is 0 Å². The van der Waals surface area contributed by atoms with Gasteiger partial charge < -0.3 is 17.7 Å². The van der Waals surface area contributed by atoms with E-state index in [1.165, 1.54) is 5.56 Å². The Morgan fingerprint density at radius 3 is 0.767 bits per heavy atom. The minimum Gasteiger partial charge on any atom is -0.456 e. The number of furan rings is 4. The molecule has 29 rings (SSSR count). The first-order chi connectivity index (χ1) is 72.3. The first kappa shape index (κ1) is 86.3. The third-order valence-electron chi connectivity index (χ3n) is 26.5. The van der Waals surface area contributed by atoms with E-state index in [1.807, 2.05) is 315 Å². The van der Waals surface area contributed by atoms with E-state index in [2.05, 4.69) is 170 Å². The Kier molecular flexibility index (Phi) is 22.2. The smallest absolute Gasteiger partial charge is 0.164 e. The van der Waals surface area contributed by atoms with E-state index in [1.54, 1.807) is 0 Å². The van der Waals surface area contributed by atoms with Crippen LogP contribution in [0.25, 0.3) is 279 Å². The Morgan fingerprint density at radius 2 is 0.356 bits per heavy atom. The van der Waals surface area contributed by atoms with Crippen molar-refractivity contribution >= 4 is 131 Å². The summed E-state index contributed by atoms with van der Waals surface area (Å²) in [5.74, 6) is 7.77. The summed E-state index contributed by atoms with van der Waals surface area (Å²) in [5.41, 5.74) is 20.8. The predicted octanol–water partition coefficient (Wildman–Crippen LogP) is 33.4. The fraction of sp³-hybridized carbons (Fsp3) is 0. The summed E-state index contributed by atoms with van der Waals surface area (Å²) in [4.78, 5) is 58.9. The first-order valence-corrected chi connectivity index (χ1v) is 48.3. The van der Waals surface area contributed by atoms with Crippen LogP contribution >= 0.6 is 0 Å². The van der Waals surface area contributed by atoms with Crippen molar-refractivity contribution in [3.8, 4) is 148 Å². The van der Waals surface area contributed by atoms with Crippen LogP contribution in [0.3, 0.4) is 0 Å². The van der Waals surface area contributed by atoms with Crippen LogP contribution in [-0.2, 0) is 0 Å². The summed E-state index contributed by atoms with van der Waals surface area (Å²) in [6.45, 7) is 0. The van der Waals surface area contributed by atoms with E-state index in [9.17, 15) is 0 Å². The molecule has 0 N–H and O–H groups in total. The van der Waals surface area contributed by atoms with E-state index in [4.69, 9.17) is 77.5 Å². The second-order valence-corrected chi connectivity index (χ2v) is 35.6. The average molecular weight is 1870 g/mol. The molecule has 8 heterocycles. The molecular formula is C130H80N12O4. The molecule has 0 amide bonds. The lowest BCUT2D eigenvalue weighted by Crippen LogP contribution is -2.00. The van der Waals surface area contributed by atoms with Crippen LogP contribution in [0.1, 0.15) is 0 Å². The lowest BCUT2D eigenvalue weighted by molar-refractivity contribution is 0.669. The van der Waals surface area contributed by atoms with Crippen LogP contribution in [-0.4, -0.2) is 59.8 Å². The molecule has 0 radical (unpaired) electrons. The quantitative estimate of drug-likeness (QED) is 0.105. The predicted molar refractivity (Wildman–Crippen MR) is 589 cm³/mol. The number of rotatable bonds is 13. The van der Waals surface area contributed by atoms with Crippen molar-refractivity contribution < 1.29 is 17.7 Å². The maximum absolute atomic E-state index is 6.18. The van der Waals surface area contributed by atoms with E-state index in [0.29, 0.717) is 69.9 Å². The van der Waals surface area contributed by atoms with Gasteiger partial charge in [0.2, 0.25) is 0 Å². The summed E-state index contributed by atoms with van der Waals surface area (Å²) in [7, 11) is 0.